The lowest BCUT2D eigenvalue weighted by molar-refractivity contribution is -0.173. The summed E-state index contributed by atoms with van der Waals surface area (Å²) in [5, 5.41) is 11.0. The van der Waals surface area contributed by atoms with Gasteiger partial charge in [0, 0.05) is 5.41 Å². The summed E-state index contributed by atoms with van der Waals surface area (Å²) in [5.41, 5.74) is 0.206. The lowest BCUT2D eigenvalue weighted by Gasteiger charge is -2.60. The van der Waals surface area contributed by atoms with Crippen LogP contribution in [0.25, 0.3) is 0 Å². The standard InChI is InChI=1S/C20H32O2/c1-6-15(2)8-9-17-19(4)12-7-11-18(3,14-21)16(19)10-13-20(17,5)22/h6,14,16-17,22H,1-2,7-13H2,3-5H3/t16-,17+,18-,19-,20+/m1/s1. The number of aliphatic hydroxyl groups is 1. The molecule has 2 saturated carbocycles. The summed E-state index contributed by atoms with van der Waals surface area (Å²) in [7, 11) is 0. The highest BCUT2D eigenvalue weighted by Crippen LogP contribution is 2.62. The van der Waals surface area contributed by atoms with Crippen LogP contribution in [-0.2, 0) is 4.79 Å². The number of hydrogen-bond acceptors (Lipinski definition) is 2. The van der Waals surface area contributed by atoms with Gasteiger partial charge in [0.2, 0.25) is 0 Å². The van der Waals surface area contributed by atoms with Crippen LogP contribution >= 0.6 is 0 Å². The van der Waals surface area contributed by atoms with Gasteiger partial charge < -0.3 is 9.90 Å². The molecule has 5 atom stereocenters. The molecule has 0 aliphatic heterocycles. The Kier molecular flexibility index (Phi) is 4.73. The van der Waals surface area contributed by atoms with Crippen molar-refractivity contribution in [3.63, 3.8) is 0 Å². The lowest BCUT2D eigenvalue weighted by Crippen LogP contribution is -2.58. The molecule has 0 radical (unpaired) electrons. The maximum atomic E-state index is 11.8. The first-order valence-electron chi connectivity index (χ1n) is 8.68. The van der Waals surface area contributed by atoms with Crippen molar-refractivity contribution in [3.05, 3.63) is 24.8 Å². The normalized spacial score (nSPS) is 44.9. The molecule has 22 heavy (non-hydrogen) atoms. The smallest absolute Gasteiger partial charge is 0.126 e. The van der Waals surface area contributed by atoms with Crippen LogP contribution in [0.15, 0.2) is 24.8 Å². The first-order valence-corrected chi connectivity index (χ1v) is 8.68. The van der Waals surface area contributed by atoms with Gasteiger partial charge in [-0.25, -0.2) is 0 Å². The van der Waals surface area contributed by atoms with Gasteiger partial charge in [0.25, 0.3) is 0 Å². The van der Waals surface area contributed by atoms with Crippen LogP contribution in [0.1, 0.15) is 65.7 Å². The minimum Gasteiger partial charge on any atom is -0.390 e. The molecule has 124 valence electrons. The number of carbonyl (C=O) groups is 1. The highest BCUT2D eigenvalue weighted by molar-refractivity contribution is 5.60. The first kappa shape index (κ1) is 17.5. The van der Waals surface area contributed by atoms with Gasteiger partial charge in [-0.2, -0.15) is 0 Å². The molecule has 2 aliphatic rings. The van der Waals surface area contributed by atoms with Crippen LogP contribution in [0.3, 0.4) is 0 Å². The molecular weight excluding hydrogens is 272 g/mol. The number of rotatable bonds is 5. The molecule has 0 amide bonds. The predicted octanol–water partition coefficient (Wildman–Crippen LogP) is 4.68. The van der Waals surface area contributed by atoms with E-state index in [0.717, 1.165) is 50.5 Å². The fourth-order valence-corrected chi connectivity index (χ4v) is 5.56. The highest BCUT2D eigenvalue weighted by atomic mass is 16.3. The predicted molar refractivity (Wildman–Crippen MR) is 91.5 cm³/mol. The highest BCUT2D eigenvalue weighted by Gasteiger charge is 2.58. The van der Waals surface area contributed by atoms with Gasteiger partial charge in [0.05, 0.1) is 5.60 Å². The van der Waals surface area contributed by atoms with E-state index >= 15 is 0 Å². The monoisotopic (exact) mass is 304 g/mol. The molecule has 2 aliphatic carbocycles. The second kappa shape index (κ2) is 5.96. The fraction of sp³-hybridized carbons (Fsp3) is 0.750. The Balaban J connectivity index is 2.32. The molecule has 0 bridgehead atoms. The van der Waals surface area contributed by atoms with Crippen LogP contribution < -0.4 is 0 Å². The van der Waals surface area contributed by atoms with Crippen LogP contribution in [0.4, 0.5) is 0 Å². The van der Waals surface area contributed by atoms with Crippen molar-refractivity contribution in [2.75, 3.05) is 0 Å². The molecule has 2 nitrogen and oxygen atoms in total. The van der Waals surface area contributed by atoms with E-state index in [2.05, 4.69) is 27.0 Å². The SMILES string of the molecule is C=CC(=C)CC[C@H]1[C@]2(C)CCC[C@](C)(C=O)[C@H]2CC[C@]1(C)O. The average Bonchev–Trinajstić information content (AvgIpc) is 2.45. The lowest BCUT2D eigenvalue weighted by atomic mass is 9.45. The molecule has 1 N–H and O–H groups in total. The molecular formula is C20H32O2. The summed E-state index contributed by atoms with van der Waals surface area (Å²) in [6.45, 7) is 14.2. The Morgan fingerprint density at radius 2 is 1.95 bits per heavy atom. The van der Waals surface area contributed by atoms with Gasteiger partial charge in [-0.1, -0.05) is 45.1 Å². The number of aldehydes is 1. The zero-order chi connectivity index (χ0) is 16.6. The summed E-state index contributed by atoms with van der Waals surface area (Å²) in [6.07, 6.45) is 9.75. The van der Waals surface area contributed by atoms with Gasteiger partial charge in [-0.15, -0.1) is 0 Å². The molecule has 0 aromatic carbocycles. The van der Waals surface area contributed by atoms with Crippen LogP contribution in [0.2, 0.25) is 0 Å². The molecule has 0 heterocycles. The van der Waals surface area contributed by atoms with Crippen molar-refractivity contribution < 1.29 is 9.90 Å². The number of carbonyl (C=O) groups excluding carboxylic acids is 1. The minimum absolute atomic E-state index is 0.0388. The third-order valence-corrected chi connectivity index (χ3v) is 6.82. The van der Waals surface area contributed by atoms with E-state index in [-0.39, 0.29) is 16.7 Å². The maximum absolute atomic E-state index is 11.8. The summed E-state index contributed by atoms with van der Waals surface area (Å²) in [5.74, 6) is 0.600. The van der Waals surface area contributed by atoms with Gasteiger partial charge in [-0.3, -0.25) is 0 Å². The summed E-state index contributed by atoms with van der Waals surface area (Å²) in [6, 6.07) is 0. The van der Waals surface area contributed by atoms with E-state index in [9.17, 15) is 9.90 Å². The molecule has 0 aromatic rings. The summed E-state index contributed by atoms with van der Waals surface area (Å²) in [4.78, 5) is 11.8. The van der Waals surface area contributed by atoms with E-state index in [0.29, 0.717) is 5.92 Å². The van der Waals surface area contributed by atoms with Crippen LogP contribution in [0, 0.1) is 22.7 Å². The van der Waals surface area contributed by atoms with Crippen molar-refractivity contribution in [3.8, 4) is 0 Å². The minimum atomic E-state index is -0.645. The van der Waals surface area contributed by atoms with Crippen molar-refractivity contribution in [1.82, 2.24) is 0 Å². The maximum Gasteiger partial charge on any atom is 0.126 e. The third kappa shape index (κ3) is 2.82. The van der Waals surface area contributed by atoms with Crippen LogP contribution in [0.5, 0.6) is 0 Å². The molecule has 0 saturated heterocycles. The van der Waals surface area contributed by atoms with E-state index < -0.39 is 5.60 Å². The van der Waals surface area contributed by atoms with Crippen molar-refractivity contribution in [2.24, 2.45) is 22.7 Å². The van der Waals surface area contributed by atoms with Gasteiger partial charge in [-0.05, 0) is 62.7 Å². The second-order valence-electron chi connectivity index (χ2n) is 8.39. The zero-order valence-corrected chi connectivity index (χ0v) is 14.5. The molecule has 2 fully saturated rings. The van der Waals surface area contributed by atoms with E-state index in [1.807, 2.05) is 13.0 Å². The number of hydrogen-bond donors (Lipinski definition) is 1. The molecule has 2 heteroatoms. The van der Waals surface area contributed by atoms with Gasteiger partial charge >= 0.3 is 0 Å². The molecule has 2 rings (SSSR count). The summed E-state index contributed by atoms with van der Waals surface area (Å²) < 4.78 is 0. The number of allylic oxidation sites excluding steroid dienone is 2. The Labute approximate surface area is 135 Å². The first-order chi connectivity index (χ1) is 10.2. The Morgan fingerprint density at radius 1 is 1.27 bits per heavy atom. The Hall–Kier alpha value is -0.890. The topological polar surface area (TPSA) is 37.3 Å². The Morgan fingerprint density at radius 3 is 2.55 bits per heavy atom. The average molecular weight is 304 g/mol. The molecule has 0 spiro atoms. The Bertz CT molecular complexity index is 464. The fourth-order valence-electron chi connectivity index (χ4n) is 5.56. The van der Waals surface area contributed by atoms with Gasteiger partial charge in [0.1, 0.15) is 6.29 Å². The van der Waals surface area contributed by atoms with E-state index in [4.69, 9.17) is 0 Å². The number of fused-ring (bicyclic) bond motifs is 1. The van der Waals surface area contributed by atoms with Gasteiger partial charge in [0.15, 0.2) is 0 Å². The molecule has 0 unspecified atom stereocenters. The summed E-state index contributed by atoms with van der Waals surface area (Å²) >= 11 is 0. The van der Waals surface area contributed by atoms with E-state index in [1.165, 1.54) is 6.29 Å². The largest absolute Gasteiger partial charge is 0.390 e. The third-order valence-electron chi connectivity index (χ3n) is 6.82. The van der Waals surface area contributed by atoms with Crippen molar-refractivity contribution in [1.29, 1.82) is 0 Å². The van der Waals surface area contributed by atoms with Crippen molar-refractivity contribution >= 4 is 6.29 Å². The van der Waals surface area contributed by atoms with Crippen molar-refractivity contribution in [2.45, 2.75) is 71.3 Å². The van der Waals surface area contributed by atoms with Crippen LogP contribution in [-0.4, -0.2) is 17.0 Å². The molecule has 0 aromatic heterocycles. The zero-order valence-electron chi connectivity index (χ0n) is 14.5. The van der Waals surface area contributed by atoms with E-state index in [1.54, 1.807) is 0 Å². The quantitative estimate of drug-likeness (QED) is 0.591. The second-order valence-corrected chi connectivity index (χ2v) is 8.39.